The molecule has 0 aliphatic carbocycles. The fourth-order valence-corrected chi connectivity index (χ4v) is 4.05. The smallest absolute Gasteiger partial charge is 0.114 e. The molecule has 2 fully saturated rings. The van der Waals surface area contributed by atoms with Gasteiger partial charge in [0.1, 0.15) is 5.69 Å². The highest BCUT2D eigenvalue weighted by molar-refractivity contribution is 6.33. The molecule has 24 heavy (non-hydrogen) atoms. The summed E-state index contributed by atoms with van der Waals surface area (Å²) in [6, 6.07) is 8.93. The molecular weight excluding hydrogens is 324 g/mol. The summed E-state index contributed by atoms with van der Waals surface area (Å²) in [7, 11) is 0. The zero-order valence-electron chi connectivity index (χ0n) is 13.8. The first kappa shape index (κ1) is 16.1. The molecular formula is C18H23ClN4O. The Balaban J connectivity index is 1.40. The molecule has 5 nitrogen and oxygen atoms in total. The van der Waals surface area contributed by atoms with Crippen LogP contribution in [0.4, 0.5) is 0 Å². The number of piperidine rings is 1. The van der Waals surface area contributed by atoms with Crippen molar-refractivity contribution in [3.05, 3.63) is 35.5 Å². The van der Waals surface area contributed by atoms with Gasteiger partial charge in [0.2, 0.25) is 0 Å². The Bertz CT molecular complexity index is 675. The molecule has 0 bridgehead atoms. The summed E-state index contributed by atoms with van der Waals surface area (Å²) in [4.78, 5) is 2.63. The maximum atomic E-state index is 6.27. The van der Waals surface area contributed by atoms with Crippen LogP contribution in [0, 0.1) is 0 Å². The van der Waals surface area contributed by atoms with Crippen LogP contribution in [0.15, 0.2) is 30.5 Å². The maximum Gasteiger partial charge on any atom is 0.114 e. The zero-order valence-corrected chi connectivity index (χ0v) is 14.5. The Morgan fingerprint density at radius 3 is 2.50 bits per heavy atom. The molecule has 2 aliphatic heterocycles. The van der Waals surface area contributed by atoms with Crippen LogP contribution in [0.3, 0.4) is 0 Å². The number of nitrogens with zero attached hydrogens (tertiary/aromatic N) is 4. The van der Waals surface area contributed by atoms with Crippen LogP contribution in [-0.4, -0.2) is 52.2 Å². The normalized spacial score (nSPS) is 21.2. The highest BCUT2D eigenvalue weighted by atomic mass is 35.5. The van der Waals surface area contributed by atoms with Crippen molar-refractivity contribution in [1.82, 2.24) is 19.9 Å². The first-order chi connectivity index (χ1) is 11.8. The molecule has 6 heteroatoms. The minimum absolute atomic E-state index is 0.435. The van der Waals surface area contributed by atoms with E-state index in [4.69, 9.17) is 16.3 Å². The summed E-state index contributed by atoms with van der Waals surface area (Å²) in [5.41, 5.74) is 1.80. The summed E-state index contributed by atoms with van der Waals surface area (Å²) < 4.78 is 7.50. The minimum atomic E-state index is 0.435. The van der Waals surface area contributed by atoms with E-state index >= 15 is 0 Å². The van der Waals surface area contributed by atoms with Crippen molar-refractivity contribution in [2.75, 3.05) is 26.3 Å². The average Bonchev–Trinajstić information content (AvgIpc) is 3.13. The number of hydrogen-bond donors (Lipinski definition) is 0. The van der Waals surface area contributed by atoms with Crippen molar-refractivity contribution < 1.29 is 4.74 Å². The van der Waals surface area contributed by atoms with Crippen molar-refractivity contribution in [3.8, 4) is 11.3 Å². The molecule has 2 saturated heterocycles. The molecule has 1 aromatic heterocycles. The van der Waals surface area contributed by atoms with E-state index in [2.05, 4.69) is 15.2 Å². The summed E-state index contributed by atoms with van der Waals surface area (Å²) in [6.45, 7) is 4.09. The van der Waals surface area contributed by atoms with E-state index in [1.165, 1.54) is 12.8 Å². The summed E-state index contributed by atoms with van der Waals surface area (Å²) in [5.74, 6) is 0. The van der Waals surface area contributed by atoms with E-state index in [0.29, 0.717) is 12.1 Å². The van der Waals surface area contributed by atoms with Gasteiger partial charge in [-0.2, -0.15) is 0 Å². The fourth-order valence-electron chi connectivity index (χ4n) is 3.81. The number of aromatic nitrogens is 3. The Hall–Kier alpha value is -1.43. The van der Waals surface area contributed by atoms with Gasteiger partial charge in [-0.3, -0.25) is 0 Å². The second-order valence-corrected chi connectivity index (χ2v) is 7.08. The standard InChI is InChI=1S/C18H23ClN4O/c19-17-4-2-1-3-16(17)18-13-23(21-20-18)15-5-9-22(10-6-15)14-7-11-24-12-8-14/h1-4,13-15H,5-12H2. The molecule has 0 N–H and O–H groups in total. The second kappa shape index (κ2) is 7.21. The van der Waals surface area contributed by atoms with Crippen LogP contribution < -0.4 is 0 Å². The molecule has 2 aromatic rings. The zero-order chi connectivity index (χ0) is 16.4. The van der Waals surface area contributed by atoms with E-state index in [1.54, 1.807) is 0 Å². The van der Waals surface area contributed by atoms with Crippen molar-refractivity contribution in [1.29, 1.82) is 0 Å². The Morgan fingerprint density at radius 1 is 1.00 bits per heavy atom. The van der Waals surface area contributed by atoms with Gasteiger partial charge in [-0.15, -0.1) is 5.10 Å². The topological polar surface area (TPSA) is 43.2 Å². The maximum absolute atomic E-state index is 6.27. The predicted octanol–water partition coefficient (Wildman–Crippen LogP) is 3.41. The quantitative estimate of drug-likeness (QED) is 0.854. The van der Waals surface area contributed by atoms with Crippen LogP contribution in [0.25, 0.3) is 11.3 Å². The highest BCUT2D eigenvalue weighted by Gasteiger charge is 2.27. The van der Waals surface area contributed by atoms with Crippen LogP contribution in [0.2, 0.25) is 5.02 Å². The SMILES string of the molecule is Clc1ccccc1-c1cn(C2CCN(C3CCOCC3)CC2)nn1. The number of ether oxygens (including phenoxy) is 1. The first-order valence-electron chi connectivity index (χ1n) is 8.80. The van der Waals surface area contributed by atoms with Crippen molar-refractivity contribution in [2.45, 2.75) is 37.8 Å². The third-order valence-corrected chi connectivity index (χ3v) is 5.57. The lowest BCUT2D eigenvalue weighted by Gasteiger charge is -2.39. The van der Waals surface area contributed by atoms with Crippen LogP contribution in [0.1, 0.15) is 31.7 Å². The number of likely N-dealkylation sites (tertiary alicyclic amines) is 1. The van der Waals surface area contributed by atoms with Gasteiger partial charge in [0.25, 0.3) is 0 Å². The Labute approximate surface area is 147 Å². The van der Waals surface area contributed by atoms with Gasteiger partial charge < -0.3 is 9.64 Å². The predicted molar refractivity (Wildman–Crippen MR) is 94.2 cm³/mol. The lowest BCUT2D eigenvalue weighted by atomic mass is 10.00. The largest absolute Gasteiger partial charge is 0.381 e. The molecule has 128 valence electrons. The van der Waals surface area contributed by atoms with Crippen LogP contribution in [0.5, 0.6) is 0 Å². The Kier molecular flexibility index (Phi) is 4.83. The Morgan fingerprint density at radius 2 is 1.75 bits per heavy atom. The average molecular weight is 347 g/mol. The van der Waals surface area contributed by atoms with Gasteiger partial charge in [-0.1, -0.05) is 35.0 Å². The van der Waals surface area contributed by atoms with Crippen molar-refractivity contribution in [3.63, 3.8) is 0 Å². The van der Waals surface area contributed by atoms with Crippen LogP contribution in [-0.2, 0) is 4.74 Å². The first-order valence-corrected chi connectivity index (χ1v) is 9.17. The fraction of sp³-hybridized carbons (Fsp3) is 0.556. The number of hydrogen-bond acceptors (Lipinski definition) is 4. The lowest BCUT2D eigenvalue weighted by Crippen LogP contribution is -2.44. The van der Waals surface area contributed by atoms with E-state index in [-0.39, 0.29) is 0 Å². The summed E-state index contributed by atoms with van der Waals surface area (Å²) >= 11 is 6.27. The molecule has 0 unspecified atom stereocenters. The minimum Gasteiger partial charge on any atom is -0.381 e. The highest BCUT2D eigenvalue weighted by Crippen LogP contribution is 2.29. The number of benzene rings is 1. The number of halogens is 1. The molecule has 4 rings (SSSR count). The second-order valence-electron chi connectivity index (χ2n) is 6.67. The molecule has 1 aromatic carbocycles. The van der Waals surface area contributed by atoms with E-state index < -0.39 is 0 Å². The molecule has 0 spiro atoms. The van der Waals surface area contributed by atoms with Crippen LogP contribution >= 0.6 is 11.6 Å². The van der Waals surface area contributed by atoms with E-state index in [9.17, 15) is 0 Å². The van der Waals surface area contributed by atoms with E-state index in [1.807, 2.05) is 35.1 Å². The number of rotatable bonds is 3. The summed E-state index contributed by atoms with van der Waals surface area (Å²) in [6.07, 6.45) is 6.64. The van der Waals surface area contributed by atoms with Gasteiger partial charge in [-0.05, 0) is 31.7 Å². The van der Waals surface area contributed by atoms with Gasteiger partial charge in [0.05, 0.1) is 17.3 Å². The molecule has 2 aliphatic rings. The molecule has 0 radical (unpaired) electrons. The third kappa shape index (κ3) is 3.34. The molecule has 0 amide bonds. The van der Waals surface area contributed by atoms with Crippen molar-refractivity contribution >= 4 is 11.6 Å². The van der Waals surface area contributed by atoms with Gasteiger partial charge in [0.15, 0.2) is 0 Å². The van der Waals surface area contributed by atoms with Gasteiger partial charge in [-0.25, -0.2) is 4.68 Å². The van der Waals surface area contributed by atoms with Crippen molar-refractivity contribution in [2.24, 2.45) is 0 Å². The third-order valence-electron chi connectivity index (χ3n) is 5.24. The van der Waals surface area contributed by atoms with Gasteiger partial charge in [0, 0.05) is 37.9 Å². The van der Waals surface area contributed by atoms with Gasteiger partial charge >= 0.3 is 0 Å². The molecule has 0 saturated carbocycles. The molecule has 3 heterocycles. The molecule has 0 atom stereocenters. The summed E-state index contributed by atoms with van der Waals surface area (Å²) in [5, 5.41) is 9.42. The van der Waals surface area contributed by atoms with E-state index in [0.717, 1.165) is 55.4 Å². The lowest BCUT2D eigenvalue weighted by molar-refractivity contribution is 0.0211. The monoisotopic (exact) mass is 346 g/mol.